The van der Waals surface area contributed by atoms with Crippen molar-refractivity contribution in [3.8, 4) is 16.9 Å². The first kappa shape index (κ1) is 25.2. The summed E-state index contributed by atoms with van der Waals surface area (Å²) in [5.74, 6) is 1.51. The zero-order valence-corrected chi connectivity index (χ0v) is 22.3. The van der Waals surface area contributed by atoms with Crippen molar-refractivity contribution in [2.24, 2.45) is 0 Å². The van der Waals surface area contributed by atoms with Gasteiger partial charge in [0.05, 0.1) is 18.3 Å². The van der Waals surface area contributed by atoms with Gasteiger partial charge in [-0.1, -0.05) is 24.3 Å². The minimum atomic E-state index is -1.46. The molecular formula is C30H29N4O3S+. The number of aromatic nitrogens is 2. The highest BCUT2D eigenvalue weighted by atomic mass is 32.2. The van der Waals surface area contributed by atoms with E-state index in [0.29, 0.717) is 17.9 Å². The largest absolute Gasteiger partial charge is 0.497 e. The van der Waals surface area contributed by atoms with Gasteiger partial charge in [0.2, 0.25) is 0 Å². The van der Waals surface area contributed by atoms with Crippen molar-refractivity contribution in [3.05, 3.63) is 107 Å². The van der Waals surface area contributed by atoms with Crippen molar-refractivity contribution in [3.63, 3.8) is 0 Å². The summed E-state index contributed by atoms with van der Waals surface area (Å²) in [6, 6.07) is 25.5. The summed E-state index contributed by atoms with van der Waals surface area (Å²) >= 11 is 0. The predicted octanol–water partition coefficient (Wildman–Crippen LogP) is 5.95. The summed E-state index contributed by atoms with van der Waals surface area (Å²) < 4.78 is 17.3. The van der Waals surface area contributed by atoms with Gasteiger partial charge in [-0.2, -0.15) is 0 Å². The van der Waals surface area contributed by atoms with Crippen LogP contribution in [0.3, 0.4) is 0 Å². The Balaban J connectivity index is 1.53. The van der Waals surface area contributed by atoms with E-state index in [2.05, 4.69) is 27.8 Å². The topological polar surface area (TPSA) is 96.1 Å². The monoisotopic (exact) mass is 525 g/mol. The molecule has 0 aliphatic carbocycles. The highest BCUT2D eigenvalue weighted by Gasteiger charge is 2.12. The number of aryl methyl sites for hydroxylation is 1. The number of H-pyrrole nitrogens is 1. The van der Waals surface area contributed by atoms with Crippen LogP contribution in [0.5, 0.6) is 5.75 Å². The Morgan fingerprint density at radius 3 is 2.53 bits per heavy atom. The molecular weight excluding hydrogens is 496 g/mol. The lowest BCUT2D eigenvalue weighted by Crippen LogP contribution is -2.07. The number of anilines is 3. The summed E-state index contributed by atoms with van der Waals surface area (Å²) in [5.41, 5.74) is 6.03. The van der Waals surface area contributed by atoms with Crippen LogP contribution >= 0.6 is 0 Å². The Hall–Kier alpha value is -4.43. The summed E-state index contributed by atoms with van der Waals surface area (Å²) in [6.45, 7) is 2.37. The standard InChI is InChI=1S/C30H28N4O3S/c1-19-13-23(18-32-30(19)35)21-9-12-27-22(14-21)15-28(33-24-5-4-6-26(16-24)38(3)36)29(34-27)31-17-20-7-10-25(37-2)11-8-20/h4-16,18,33H,17H2,1-3H3,(H,31,34)(H,32,35)/p+1. The summed E-state index contributed by atoms with van der Waals surface area (Å²) in [7, 11) is 0.195. The molecule has 3 aromatic carbocycles. The average molecular weight is 526 g/mol. The fourth-order valence-electron chi connectivity index (χ4n) is 4.21. The van der Waals surface area contributed by atoms with Crippen LogP contribution in [0.1, 0.15) is 11.1 Å². The van der Waals surface area contributed by atoms with Gasteiger partial charge in [-0.05, 0) is 72.1 Å². The van der Waals surface area contributed by atoms with Crippen LogP contribution in [-0.2, 0) is 21.6 Å². The first-order valence-corrected chi connectivity index (χ1v) is 13.9. The number of fused-ring (bicyclic) bond motifs is 1. The van der Waals surface area contributed by atoms with E-state index >= 15 is 0 Å². The van der Waals surface area contributed by atoms with E-state index in [0.717, 1.165) is 49.6 Å². The minimum Gasteiger partial charge on any atom is -0.497 e. The van der Waals surface area contributed by atoms with E-state index < -0.39 is 10.8 Å². The number of pyridine rings is 2. The molecule has 2 aromatic heterocycles. The molecule has 2 heterocycles. The highest BCUT2D eigenvalue weighted by molar-refractivity contribution is 7.84. The average Bonchev–Trinajstić information content (AvgIpc) is 2.93. The molecule has 0 amide bonds. The Labute approximate surface area is 223 Å². The molecule has 1 atom stereocenters. The van der Waals surface area contributed by atoms with Crippen LogP contribution in [0.4, 0.5) is 17.2 Å². The van der Waals surface area contributed by atoms with Crippen LogP contribution in [0.15, 0.2) is 94.7 Å². The summed E-state index contributed by atoms with van der Waals surface area (Å²) in [6.07, 6.45) is 3.43. The number of thiol groups is 1. The first-order valence-electron chi connectivity index (χ1n) is 12.2. The van der Waals surface area contributed by atoms with Gasteiger partial charge in [-0.25, -0.2) is 4.98 Å². The highest BCUT2D eigenvalue weighted by Crippen LogP contribution is 2.32. The molecule has 0 spiro atoms. The van der Waals surface area contributed by atoms with Gasteiger partial charge < -0.3 is 20.4 Å². The lowest BCUT2D eigenvalue weighted by Gasteiger charge is -2.15. The normalized spacial score (nSPS) is 11.8. The van der Waals surface area contributed by atoms with E-state index in [9.17, 15) is 9.00 Å². The van der Waals surface area contributed by atoms with Crippen molar-refractivity contribution in [1.29, 1.82) is 0 Å². The molecule has 5 aromatic rings. The van der Waals surface area contributed by atoms with Gasteiger partial charge in [0.25, 0.3) is 5.56 Å². The molecule has 192 valence electrons. The van der Waals surface area contributed by atoms with Crippen LogP contribution in [0, 0.1) is 6.92 Å². The molecule has 0 radical (unpaired) electrons. The van der Waals surface area contributed by atoms with Gasteiger partial charge >= 0.3 is 0 Å². The molecule has 5 rings (SSSR count). The number of methoxy groups -OCH3 is 1. The maximum Gasteiger partial charge on any atom is 0.250 e. The number of aromatic amines is 1. The fraction of sp³-hybridized carbons (Fsp3) is 0.133. The number of nitrogens with one attached hydrogen (secondary N) is 3. The Morgan fingerprint density at radius 1 is 0.974 bits per heavy atom. The Bertz CT molecular complexity index is 1700. The Morgan fingerprint density at radius 2 is 1.79 bits per heavy atom. The van der Waals surface area contributed by atoms with E-state index in [1.165, 1.54) is 0 Å². The molecule has 0 saturated carbocycles. The van der Waals surface area contributed by atoms with Gasteiger partial charge in [-0.3, -0.25) is 4.79 Å². The van der Waals surface area contributed by atoms with Crippen LogP contribution in [0.2, 0.25) is 0 Å². The third-order valence-corrected chi connectivity index (χ3v) is 7.35. The van der Waals surface area contributed by atoms with Crippen molar-refractivity contribution >= 4 is 38.9 Å². The van der Waals surface area contributed by atoms with Crippen molar-refractivity contribution < 1.29 is 8.95 Å². The molecule has 0 aliphatic heterocycles. The van der Waals surface area contributed by atoms with Crippen molar-refractivity contribution in [1.82, 2.24) is 9.97 Å². The minimum absolute atomic E-state index is 0.0914. The molecule has 3 N–H and O–H groups in total. The van der Waals surface area contributed by atoms with Crippen LogP contribution < -0.4 is 20.9 Å². The van der Waals surface area contributed by atoms with E-state index in [1.807, 2.05) is 66.7 Å². The fourth-order valence-corrected chi connectivity index (χ4v) is 4.83. The van der Waals surface area contributed by atoms with E-state index in [-0.39, 0.29) is 5.56 Å². The molecule has 0 saturated heterocycles. The predicted molar refractivity (Wildman–Crippen MR) is 156 cm³/mol. The van der Waals surface area contributed by atoms with Crippen molar-refractivity contribution in [2.45, 2.75) is 18.4 Å². The number of benzene rings is 3. The lowest BCUT2D eigenvalue weighted by atomic mass is 10.0. The second-order valence-corrected chi connectivity index (χ2v) is 10.6. The van der Waals surface area contributed by atoms with Crippen LogP contribution in [0.25, 0.3) is 22.0 Å². The molecule has 38 heavy (non-hydrogen) atoms. The molecule has 0 aliphatic rings. The maximum absolute atomic E-state index is 12.1. The maximum atomic E-state index is 12.1. The Kier molecular flexibility index (Phi) is 7.24. The number of nitrogens with zero attached hydrogens (tertiary/aromatic N) is 1. The molecule has 0 fully saturated rings. The summed E-state index contributed by atoms with van der Waals surface area (Å²) in [4.78, 5) is 20.3. The SMILES string of the molecule is COc1ccc(CNc2nc3ccc(-c4c[nH]c(=O)c(C)c4)cc3cc2Nc2cccc([SH+](C)=O)c2)cc1. The number of rotatable bonds is 8. The van der Waals surface area contributed by atoms with Gasteiger partial charge in [0.15, 0.2) is 10.7 Å². The number of hydrogen-bond acceptors (Lipinski definition) is 6. The third-order valence-electron chi connectivity index (χ3n) is 6.34. The third kappa shape index (κ3) is 5.60. The summed E-state index contributed by atoms with van der Waals surface area (Å²) in [5, 5.41) is 7.88. The number of hydrogen-bond donors (Lipinski definition) is 3. The lowest BCUT2D eigenvalue weighted by molar-refractivity contribution is 0.414. The quantitative estimate of drug-likeness (QED) is 0.171. The zero-order chi connectivity index (χ0) is 26.6. The first-order chi connectivity index (χ1) is 18.4. The van der Waals surface area contributed by atoms with E-state index in [1.54, 1.807) is 26.5 Å². The van der Waals surface area contributed by atoms with Crippen molar-refractivity contribution in [2.75, 3.05) is 24.0 Å². The van der Waals surface area contributed by atoms with E-state index in [4.69, 9.17) is 9.72 Å². The molecule has 0 bridgehead atoms. The second-order valence-electron chi connectivity index (χ2n) is 9.07. The van der Waals surface area contributed by atoms with Gasteiger partial charge in [0.1, 0.15) is 22.8 Å². The number of ether oxygens (including phenoxy) is 1. The van der Waals surface area contributed by atoms with Crippen LogP contribution in [-0.4, -0.2) is 23.3 Å². The smallest absolute Gasteiger partial charge is 0.250 e. The molecule has 1 unspecified atom stereocenters. The zero-order valence-electron chi connectivity index (χ0n) is 21.4. The molecule has 8 heteroatoms. The second kappa shape index (κ2) is 10.9. The van der Waals surface area contributed by atoms with Gasteiger partial charge in [-0.15, -0.1) is 4.21 Å². The molecule has 7 nitrogen and oxygen atoms in total. The van der Waals surface area contributed by atoms with Gasteiger partial charge in [0, 0.05) is 35.4 Å².